The summed E-state index contributed by atoms with van der Waals surface area (Å²) < 4.78 is 40.1. The van der Waals surface area contributed by atoms with Gasteiger partial charge < -0.3 is 0 Å². The van der Waals surface area contributed by atoms with Gasteiger partial charge in [-0.25, -0.2) is 4.98 Å². The number of amides is 1. The van der Waals surface area contributed by atoms with E-state index in [1.165, 1.54) is 11.0 Å². The van der Waals surface area contributed by atoms with Crippen LogP contribution in [-0.2, 0) is 6.18 Å². The molecule has 0 saturated carbocycles. The second-order valence-corrected chi connectivity index (χ2v) is 6.12. The largest absolute Gasteiger partial charge is 0.417 e. The van der Waals surface area contributed by atoms with E-state index in [-0.39, 0.29) is 31.3 Å². The van der Waals surface area contributed by atoms with Gasteiger partial charge in [0.15, 0.2) is 0 Å². The summed E-state index contributed by atoms with van der Waals surface area (Å²) in [4.78, 5) is 17.7. The Morgan fingerprint density at radius 1 is 1.30 bits per heavy atom. The predicted octanol–water partition coefficient (Wildman–Crippen LogP) is 3.24. The number of pyridine rings is 1. The van der Waals surface area contributed by atoms with Gasteiger partial charge in [0.2, 0.25) is 0 Å². The third-order valence-electron chi connectivity index (χ3n) is 3.41. The van der Waals surface area contributed by atoms with Crippen molar-refractivity contribution in [3.8, 4) is 0 Å². The molecule has 0 bridgehead atoms. The van der Waals surface area contributed by atoms with Gasteiger partial charge in [0, 0.05) is 12.7 Å². The zero-order chi connectivity index (χ0) is 16.1. The maximum Gasteiger partial charge on any atom is 0.417 e. The summed E-state index contributed by atoms with van der Waals surface area (Å²) in [5.74, 6) is -0.111. The smallest absolute Gasteiger partial charge is 0.289 e. The van der Waals surface area contributed by atoms with Crippen molar-refractivity contribution in [1.29, 1.82) is 0 Å². The van der Waals surface area contributed by atoms with Crippen molar-refractivity contribution in [3.05, 3.63) is 39.4 Å². The number of nitrogens with zero attached hydrogens (tertiary/aromatic N) is 4. The number of hydrogen-bond acceptors (Lipinski definition) is 3. The van der Waals surface area contributed by atoms with Crippen LogP contribution in [0.3, 0.4) is 0 Å². The van der Waals surface area contributed by atoms with E-state index in [1.807, 2.05) is 29.5 Å². The van der Waals surface area contributed by atoms with E-state index in [0.29, 0.717) is 15.8 Å². The molecule has 5 nitrogen and oxygen atoms in total. The van der Waals surface area contributed by atoms with Crippen LogP contribution < -0.4 is 4.90 Å². The molecule has 1 aliphatic heterocycles. The molecular formula is C13H12F3IN4OS. The molecule has 1 atom stereocenters. The van der Waals surface area contributed by atoms with Gasteiger partial charge in [-0.1, -0.05) is 0 Å². The summed E-state index contributed by atoms with van der Waals surface area (Å²) in [5, 5.41) is 4.15. The highest BCUT2D eigenvalue weighted by Crippen LogP contribution is 2.31. The first kappa shape index (κ1) is 18.0. The summed E-state index contributed by atoms with van der Waals surface area (Å²) >= 11 is 2.01. The fraction of sp³-hybridized carbons (Fsp3) is 0.308. The summed E-state index contributed by atoms with van der Waals surface area (Å²) in [7, 11) is 0. The fourth-order valence-electron chi connectivity index (χ4n) is 2.34. The van der Waals surface area contributed by atoms with Gasteiger partial charge >= 0.3 is 6.18 Å². The minimum Gasteiger partial charge on any atom is -0.289 e. The predicted molar refractivity (Wildman–Crippen MR) is 91.0 cm³/mol. The first-order valence-electron chi connectivity index (χ1n) is 6.37. The zero-order valence-corrected chi connectivity index (χ0v) is 15.0. The molecule has 2 aromatic heterocycles. The van der Waals surface area contributed by atoms with Crippen molar-refractivity contribution in [2.45, 2.75) is 19.1 Å². The van der Waals surface area contributed by atoms with Crippen molar-refractivity contribution >= 4 is 47.8 Å². The van der Waals surface area contributed by atoms with Crippen LogP contribution in [0.5, 0.6) is 0 Å². The topological polar surface area (TPSA) is 51.0 Å². The number of carbonyl (C=O) groups excluding carboxylic acids is 1. The van der Waals surface area contributed by atoms with Crippen molar-refractivity contribution in [2.75, 3.05) is 11.4 Å². The maximum atomic E-state index is 12.6. The molecule has 1 aliphatic rings. The zero-order valence-electron chi connectivity index (χ0n) is 11.8. The molecule has 2 aromatic rings. The van der Waals surface area contributed by atoms with Crippen molar-refractivity contribution in [2.24, 2.45) is 0 Å². The lowest BCUT2D eigenvalue weighted by Gasteiger charge is -2.31. The quantitative estimate of drug-likeness (QED) is 0.620. The molecule has 0 spiro atoms. The molecule has 0 aliphatic carbocycles. The molecule has 0 unspecified atom stereocenters. The number of aromatic nitrogens is 3. The SMILES string of the molecule is C[C@H]1CN(c2ccc(C(F)(F)F)cn2)C(=O)c2c(I)cnn21.S. The number of alkyl halides is 3. The lowest BCUT2D eigenvalue weighted by Crippen LogP contribution is -2.43. The van der Waals surface area contributed by atoms with E-state index < -0.39 is 11.7 Å². The minimum absolute atomic E-state index is 0. The van der Waals surface area contributed by atoms with Crippen LogP contribution in [0, 0.1) is 3.57 Å². The molecule has 0 fully saturated rings. The first-order chi connectivity index (χ1) is 10.3. The number of halogens is 4. The Morgan fingerprint density at radius 3 is 2.57 bits per heavy atom. The standard InChI is InChI=1S/C13H10F3IN4O.H2S/c1-7-6-20(12(22)11-9(17)5-19-21(7)11)10-3-2-8(4-18-10)13(14,15)16;/h2-5,7H,6H2,1H3;1H2/t7-;/m0./s1. The summed E-state index contributed by atoms with van der Waals surface area (Å²) in [6.45, 7) is 2.19. The average molecular weight is 456 g/mol. The van der Waals surface area contributed by atoms with Crippen LogP contribution >= 0.6 is 36.1 Å². The second kappa shape index (κ2) is 6.30. The number of anilines is 1. The van der Waals surface area contributed by atoms with E-state index in [9.17, 15) is 18.0 Å². The molecule has 0 aromatic carbocycles. The van der Waals surface area contributed by atoms with Crippen molar-refractivity contribution in [1.82, 2.24) is 14.8 Å². The molecule has 0 saturated heterocycles. The Labute approximate surface area is 150 Å². The third-order valence-corrected chi connectivity index (χ3v) is 4.20. The first-order valence-corrected chi connectivity index (χ1v) is 7.45. The van der Waals surface area contributed by atoms with Gasteiger partial charge in [0.05, 0.1) is 21.4 Å². The van der Waals surface area contributed by atoms with E-state index in [1.54, 1.807) is 10.9 Å². The van der Waals surface area contributed by atoms with E-state index in [4.69, 9.17) is 0 Å². The number of carbonyl (C=O) groups is 1. The number of fused-ring (bicyclic) bond motifs is 1. The molecule has 3 rings (SSSR count). The molecule has 0 N–H and O–H groups in total. The fourth-order valence-corrected chi connectivity index (χ4v) is 2.94. The van der Waals surface area contributed by atoms with Crippen LogP contribution in [0.15, 0.2) is 24.5 Å². The van der Waals surface area contributed by atoms with Gasteiger partial charge in [-0.3, -0.25) is 14.4 Å². The molecule has 3 heterocycles. The van der Waals surface area contributed by atoms with Gasteiger partial charge in [-0.05, 0) is 41.6 Å². The van der Waals surface area contributed by atoms with Crippen LogP contribution in [0.2, 0.25) is 0 Å². The number of hydrogen-bond donors (Lipinski definition) is 0. The van der Waals surface area contributed by atoms with Gasteiger partial charge in [-0.15, -0.1) is 0 Å². The van der Waals surface area contributed by atoms with Crippen molar-refractivity contribution < 1.29 is 18.0 Å². The highest BCUT2D eigenvalue weighted by molar-refractivity contribution is 14.1. The minimum atomic E-state index is -4.45. The molecule has 23 heavy (non-hydrogen) atoms. The van der Waals surface area contributed by atoms with E-state index >= 15 is 0 Å². The van der Waals surface area contributed by atoms with Crippen molar-refractivity contribution in [3.63, 3.8) is 0 Å². The Hall–Kier alpha value is -1.30. The highest BCUT2D eigenvalue weighted by Gasteiger charge is 2.35. The van der Waals surface area contributed by atoms with Crippen LogP contribution in [-0.4, -0.2) is 27.2 Å². The normalized spacial score (nSPS) is 17.7. The lowest BCUT2D eigenvalue weighted by atomic mass is 10.2. The molecule has 1 amide bonds. The molecule has 124 valence electrons. The molecule has 0 radical (unpaired) electrons. The van der Waals surface area contributed by atoms with Gasteiger partial charge in [0.1, 0.15) is 11.5 Å². The molecule has 10 heteroatoms. The summed E-state index contributed by atoms with van der Waals surface area (Å²) in [6, 6.07) is 2.06. The van der Waals surface area contributed by atoms with Crippen LogP contribution in [0.4, 0.5) is 19.0 Å². The average Bonchev–Trinajstić information content (AvgIpc) is 2.85. The Balaban J connectivity index is 0.00000192. The number of rotatable bonds is 1. The van der Waals surface area contributed by atoms with E-state index in [2.05, 4.69) is 10.1 Å². The van der Waals surface area contributed by atoms with Gasteiger partial charge in [0.25, 0.3) is 5.91 Å². The third kappa shape index (κ3) is 3.18. The lowest BCUT2D eigenvalue weighted by molar-refractivity contribution is -0.137. The summed E-state index contributed by atoms with van der Waals surface area (Å²) in [5.41, 5.74) is -0.408. The maximum absolute atomic E-state index is 12.6. The van der Waals surface area contributed by atoms with Crippen LogP contribution in [0.25, 0.3) is 0 Å². The summed E-state index contributed by atoms with van der Waals surface area (Å²) in [6.07, 6.45) is -2.11. The highest BCUT2D eigenvalue weighted by atomic mass is 127. The molecular weight excluding hydrogens is 444 g/mol. The Morgan fingerprint density at radius 2 is 2.00 bits per heavy atom. The van der Waals surface area contributed by atoms with E-state index in [0.717, 1.165) is 12.3 Å². The Bertz CT molecular complexity index is 732. The Kier molecular flexibility index (Phi) is 4.95. The van der Waals surface area contributed by atoms with Crippen LogP contribution in [0.1, 0.15) is 29.0 Å². The van der Waals surface area contributed by atoms with Gasteiger partial charge in [-0.2, -0.15) is 31.8 Å². The monoisotopic (exact) mass is 456 g/mol. The second-order valence-electron chi connectivity index (χ2n) is 4.95.